The molecule has 0 atom stereocenters. The molecule has 1 aromatic carbocycles. The molecule has 24 heavy (non-hydrogen) atoms. The molecule has 5 heteroatoms. The summed E-state index contributed by atoms with van der Waals surface area (Å²) in [5.74, 6) is -0.105. The van der Waals surface area contributed by atoms with Gasteiger partial charge in [-0.05, 0) is 38.3 Å². The molecule has 0 unspecified atom stereocenters. The molecule has 2 rings (SSSR count). The largest absolute Gasteiger partial charge is 0.337 e. The monoisotopic (exact) mass is 331 g/mol. The van der Waals surface area contributed by atoms with Crippen LogP contribution in [0, 0.1) is 0 Å². The first-order valence-corrected chi connectivity index (χ1v) is 8.31. The first-order chi connectivity index (χ1) is 11.3. The minimum Gasteiger partial charge on any atom is -0.337 e. The standard InChI is InChI=1S/C19H25NO4/c1-6-12-19(4,5)24-23-15-9-7-8-14(18(15)13(2)3)20-16(21)10-11-17(20)22/h7-11,13H,6,12H2,1-5H3. The van der Waals surface area contributed by atoms with Gasteiger partial charge in [0.1, 0.15) is 5.60 Å². The van der Waals surface area contributed by atoms with Gasteiger partial charge in [-0.25, -0.2) is 4.90 Å². The van der Waals surface area contributed by atoms with E-state index < -0.39 is 5.60 Å². The van der Waals surface area contributed by atoms with Crippen LogP contribution in [0.5, 0.6) is 5.75 Å². The average molecular weight is 331 g/mol. The van der Waals surface area contributed by atoms with E-state index in [2.05, 4.69) is 6.92 Å². The minimum atomic E-state index is -0.417. The van der Waals surface area contributed by atoms with Gasteiger partial charge < -0.3 is 4.89 Å². The smallest absolute Gasteiger partial charge is 0.258 e. The lowest BCUT2D eigenvalue weighted by Gasteiger charge is -2.26. The number of carbonyl (C=O) groups excluding carboxylic acids is 2. The summed E-state index contributed by atoms with van der Waals surface area (Å²) in [6, 6.07) is 5.30. The van der Waals surface area contributed by atoms with Crippen molar-refractivity contribution in [1.82, 2.24) is 0 Å². The van der Waals surface area contributed by atoms with Crippen LogP contribution in [0.4, 0.5) is 5.69 Å². The normalized spacial score (nSPS) is 14.8. The third kappa shape index (κ3) is 3.85. The van der Waals surface area contributed by atoms with Crippen molar-refractivity contribution in [2.75, 3.05) is 4.90 Å². The van der Waals surface area contributed by atoms with Crippen molar-refractivity contribution >= 4 is 17.5 Å². The maximum atomic E-state index is 12.0. The second-order valence-corrected chi connectivity index (χ2v) is 6.87. The quantitative estimate of drug-likeness (QED) is 0.428. The lowest BCUT2D eigenvalue weighted by molar-refractivity contribution is -0.283. The van der Waals surface area contributed by atoms with E-state index in [1.807, 2.05) is 27.7 Å². The van der Waals surface area contributed by atoms with Gasteiger partial charge >= 0.3 is 0 Å². The Balaban J connectivity index is 2.35. The molecular formula is C19H25NO4. The van der Waals surface area contributed by atoms with E-state index in [1.165, 1.54) is 17.1 Å². The van der Waals surface area contributed by atoms with Crippen molar-refractivity contribution in [3.05, 3.63) is 35.9 Å². The molecule has 0 N–H and O–H groups in total. The van der Waals surface area contributed by atoms with Crippen molar-refractivity contribution in [2.24, 2.45) is 0 Å². The SMILES string of the molecule is CCCC(C)(C)OOc1cccc(N2C(=O)C=CC2=O)c1C(C)C. The van der Waals surface area contributed by atoms with Gasteiger partial charge in [-0.15, -0.1) is 0 Å². The third-order valence-corrected chi connectivity index (χ3v) is 3.88. The molecule has 0 spiro atoms. The average Bonchev–Trinajstić information content (AvgIpc) is 2.83. The van der Waals surface area contributed by atoms with Crippen LogP contribution in [0.3, 0.4) is 0 Å². The molecule has 5 nitrogen and oxygen atoms in total. The predicted molar refractivity (Wildman–Crippen MR) is 92.9 cm³/mol. The van der Waals surface area contributed by atoms with Crippen LogP contribution in [-0.2, 0) is 14.5 Å². The zero-order valence-corrected chi connectivity index (χ0v) is 15.0. The second kappa shape index (κ2) is 7.18. The fourth-order valence-electron chi connectivity index (χ4n) is 2.82. The maximum Gasteiger partial charge on any atom is 0.258 e. The molecule has 0 aliphatic carbocycles. The number of carbonyl (C=O) groups is 2. The molecule has 1 aliphatic rings. The van der Waals surface area contributed by atoms with E-state index in [1.54, 1.807) is 18.2 Å². The number of anilines is 1. The van der Waals surface area contributed by atoms with Crippen molar-refractivity contribution in [2.45, 2.75) is 59.0 Å². The Hall–Kier alpha value is -2.14. The Kier molecular flexibility index (Phi) is 5.44. The van der Waals surface area contributed by atoms with E-state index in [0.717, 1.165) is 18.4 Å². The van der Waals surface area contributed by atoms with Crippen molar-refractivity contribution < 1.29 is 19.4 Å². The zero-order valence-electron chi connectivity index (χ0n) is 15.0. The molecule has 1 aromatic rings. The predicted octanol–water partition coefficient (Wildman–Crippen LogP) is 4.13. The Morgan fingerprint density at radius 1 is 1.12 bits per heavy atom. The number of amides is 2. The molecule has 0 radical (unpaired) electrons. The Morgan fingerprint density at radius 3 is 2.29 bits per heavy atom. The second-order valence-electron chi connectivity index (χ2n) is 6.87. The number of hydrogen-bond donors (Lipinski definition) is 0. The fraction of sp³-hybridized carbons (Fsp3) is 0.474. The van der Waals surface area contributed by atoms with Crippen LogP contribution in [0.2, 0.25) is 0 Å². The number of nitrogens with zero attached hydrogens (tertiary/aromatic N) is 1. The van der Waals surface area contributed by atoms with Crippen molar-refractivity contribution in [3.8, 4) is 5.75 Å². The Morgan fingerprint density at radius 2 is 1.75 bits per heavy atom. The lowest BCUT2D eigenvalue weighted by Crippen LogP contribution is -2.31. The van der Waals surface area contributed by atoms with Gasteiger partial charge in [0.25, 0.3) is 11.8 Å². The summed E-state index contributed by atoms with van der Waals surface area (Å²) < 4.78 is 0. The summed E-state index contributed by atoms with van der Waals surface area (Å²) in [5, 5.41) is 0. The topological polar surface area (TPSA) is 55.8 Å². The molecule has 2 amide bonds. The summed E-state index contributed by atoms with van der Waals surface area (Å²) in [4.78, 5) is 36.4. The number of benzene rings is 1. The molecule has 0 aromatic heterocycles. The van der Waals surface area contributed by atoms with Crippen LogP contribution in [0.15, 0.2) is 30.4 Å². The van der Waals surface area contributed by atoms with Crippen molar-refractivity contribution in [1.29, 1.82) is 0 Å². The highest BCUT2D eigenvalue weighted by Crippen LogP contribution is 2.37. The van der Waals surface area contributed by atoms with Crippen LogP contribution in [-0.4, -0.2) is 17.4 Å². The van der Waals surface area contributed by atoms with E-state index in [0.29, 0.717) is 11.4 Å². The van der Waals surface area contributed by atoms with E-state index in [-0.39, 0.29) is 17.7 Å². The van der Waals surface area contributed by atoms with E-state index in [4.69, 9.17) is 9.78 Å². The molecule has 0 fully saturated rings. The van der Waals surface area contributed by atoms with Crippen LogP contribution in [0.1, 0.15) is 58.9 Å². The van der Waals surface area contributed by atoms with E-state index in [9.17, 15) is 9.59 Å². The highest BCUT2D eigenvalue weighted by molar-refractivity contribution is 6.28. The summed E-state index contributed by atoms with van der Waals surface area (Å²) in [6.07, 6.45) is 4.40. The fourth-order valence-corrected chi connectivity index (χ4v) is 2.82. The van der Waals surface area contributed by atoms with Gasteiger partial charge in [0.05, 0.1) is 5.69 Å². The molecule has 0 saturated heterocycles. The number of hydrogen-bond acceptors (Lipinski definition) is 4. The summed E-state index contributed by atoms with van der Waals surface area (Å²) >= 11 is 0. The summed E-state index contributed by atoms with van der Waals surface area (Å²) in [7, 11) is 0. The van der Waals surface area contributed by atoms with Gasteiger partial charge in [-0.1, -0.05) is 33.3 Å². The highest BCUT2D eigenvalue weighted by Gasteiger charge is 2.30. The van der Waals surface area contributed by atoms with E-state index >= 15 is 0 Å². The van der Waals surface area contributed by atoms with Crippen LogP contribution in [0.25, 0.3) is 0 Å². The number of imide groups is 1. The highest BCUT2D eigenvalue weighted by atomic mass is 17.2. The first kappa shape index (κ1) is 18.2. The minimum absolute atomic E-state index is 0.0512. The van der Waals surface area contributed by atoms with Gasteiger partial charge in [0, 0.05) is 17.7 Å². The van der Waals surface area contributed by atoms with Crippen molar-refractivity contribution in [3.63, 3.8) is 0 Å². The van der Waals surface area contributed by atoms with Gasteiger partial charge in [0.2, 0.25) is 0 Å². The lowest BCUT2D eigenvalue weighted by atomic mass is 9.99. The Labute approximate surface area is 143 Å². The molecule has 130 valence electrons. The van der Waals surface area contributed by atoms with Gasteiger partial charge in [-0.3, -0.25) is 9.59 Å². The molecule has 0 saturated carbocycles. The maximum absolute atomic E-state index is 12.0. The number of rotatable bonds is 7. The Bertz CT molecular complexity index is 643. The van der Waals surface area contributed by atoms with Gasteiger partial charge in [-0.2, -0.15) is 4.89 Å². The van der Waals surface area contributed by atoms with Crippen LogP contribution < -0.4 is 9.79 Å². The molecule has 0 bridgehead atoms. The first-order valence-electron chi connectivity index (χ1n) is 8.31. The summed E-state index contributed by atoms with van der Waals surface area (Å²) in [5.41, 5.74) is 0.898. The zero-order chi connectivity index (χ0) is 17.9. The van der Waals surface area contributed by atoms with Gasteiger partial charge in [0.15, 0.2) is 5.75 Å². The molecular weight excluding hydrogens is 306 g/mol. The molecule has 1 aliphatic heterocycles. The summed E-state index contributed by atoms with van der Waals surface area (Å²) in [6.45, 7) is 9.99. The molecule has 1 heterocycles. The third-order valence-electron chi connectivity index (χ3n) is 3.88. The van der Waals surface area contributed by atoms with Crippen LogP contribution >= 0.6 is 0 Å².